The van der Waals surface area contributed by atoms with Crippen molar-refractivity contribution >= 4 is 11.6 Å². The number of hydrogen-bond donors (Lipinski definition) is 1. The van der Waals surface area contributed by atoms with Crippen molar-refractivity contribution in [3.05, 3.63) is 0 Å². The summed E-state index contributed by atoms with van der Waals surface area (Å²) < 4.78 is 0. The van der Waals surface area contributed by atoms with Gasteiger partial charge in [0.15, 0.2) is 0 Å². The molecule has 0 aliphatic carbocycles. The molecule has 1 N–H and O–H groups in total. The Bertz CT molecular complexity index is 154. The molecule has 0 aromatic carbocycles. The first-order chi connectivity index (χ1) is 6.19. The molecule has 0 radical (unpaired) electrons. The monoisotopic (exact) mass is 205 g/mol. The quantitative estimate of drug-likeness (QED) is 0.709. The van der Waals surface area contributed by atoms with E-state index in [4.69, 9.17) is 11.6 Å². The summed E-state index contributed by atoms with van der Waals surface area (Å²) in [5, 5.41) is 9.48. The maximum absolute atomic E-state index is 9.48. The van der Waals surface area contributed by atoms with Gasteiger partial charge in [-0.2, -0.15) is 0 Å². The third-order valence-corrected chi connectivity index (χ3v) is 3.38. The summed E-state index contributed by atoms with van der Waals surface area (Å²) in [5.74, 6) is 0.347. The lowest BCUT2D eigenvalue weighted by Crippen LogP contribution is -2.40. The van der Waals surface area contributed by atoms with Crippen LogP contribution in [0.25, 0.3) is 0 Å². The fourth-order valence-corrected chi connectivity index (χ4v) is 2.28. The number of alkyl halides is 1. The lowest BCUT2D eigenvalue weighted by Gasteiger charge is -2.29. The first-order valence-corrected chi connectivity index (χ1v) is 5.72. The Hall–Kier alpha value is 0.210. The minimum absolute atomic E-state index is 0.347. The Morgan fingerprint density at radius 2 is 2.23 bits per heavy atom. The van der Waals surface area contributed by atoms with Crippen molar-refractivity contribution in [2.24, 2.45) is 0 Å². The van der Waals surface area contributed by atoms with Crippen LogP contribution in [0.2, 0.25) is 0 Å². The molecule has 0 bridgehead atoms. The average Bonchev–Trinajstić information content (AvgIpc) is 2.48. The van der Waals surface area contributed by atoms with E-state index in [9.17, 15) is 5.11 Å². The molecule has 1 fully saturated rings. The SMILES string of the molecule is CCC1CCC(C)N1CC(O)CCl. The van der Waals surface area contributed by atoms with Crippen molar-refractivity contribution in [2.45, 2.75) is 51.3 Å². The molecule has 3 heteroatoms. The van der Waals surface area contributed by atoms with E-state index < -0.39 is 0 Å². The Morgan fingerprint density at radius 1 is 1.54 bits per heavy atom. The van der Waals surface area contributed by atoms with E-state index in [1.165, 1.54) is 19.3 Å². The fraction of sp³-hybridized carbons (Fsp3) is 1.00. The van der Waals surface area contributed by atoms with Crippen molar-refractivity contribution in [3.63, 3.8) is 0 Å². The Balaban J connectivity index is 2.44. The molecule has 78 valence electrons. The van der Waals surface area contributed by atoms with E-state index in [2.05, 4.69) is 18.7 Å². The van der Waals surface area contributed by atoms with Gasteiger partial charge in [0.2, 0.25) is 0 Å². The number of β-amino-alcohol motifs (C(OH)–C–C–N with tert-alkyl or cyclic N) is 1. The minimum atomic E-state index is -0.365. The smallest absolute Gasteiger partial charge is 0.0802 e. The lowest BCUT2D eigenvalue weighted by molar-refractivity contribution is 0.0993. The van der Waals surface area contributed by atoms with Crippen LogP contribution in [-0.2, 0) is 0 Å². The van der Waals surface area contributed by atoms with E-state index >= 15 is 0 Å². The molecule has 13 heavy (non-hydrogen) atoms. The summed E-state index contributed by atoms with van der Waals surface area (Å²) in [7, 11) is 0. The van der Waals surface area contributed by atoms with Crippen molar-refractivity contribution in [1.82, 2.24) is 4.90 Å². The van der Waals surface area contributed by atoms with E-state index in [0.717, 1.165) is 6.54 Å². The Kier molecular flexibility index (Phi) is 4.50. The van der Waals surface area contributed by atoms with Crippen LogP contribution in [0.1, 0.15) is 33.1 Å². The number of nitrogens with zero attached hydrogens (tertiary/aromatic N) is 1. The number of aliphatic hydroxyl groups excluding tert-OH is 1. The second-order valence-electron chi connectivity index (χ2n) is 3.99. The zero-order valence-electron chi connectivity index (χ0n) is 8.54. The molecule has 1 aliphatic rings. The number of hydrogen-bond acceptors (Lipinski definition) is 2. The van der Waals surface area contributed by atoms with Gasteiger partial charge in [-0.15, -0.1) is 11.6 Å². The van der Waals surface area contributed by atoms with Gasteiger partial charge >= 0.3 is 0 Å². The molecule has 1 saturated heterocycles. The second-order valence-corrected chi connectivity index (χ2v) is 4.30. The van der Waals surface area contributed by atoms with E-state index in [1.54, 1.807) is 0 Å². The first-order valence-electron chi connectivity index (χ1n) is 5.18. The van der Waals surface area contributed by atoms with E-state index in [0.29, 0.717) is 18.0 Å². The maximum Gasteiger partial charge on any atom is 0.0802 e. The molecular weight excluding hydrogens is 186 g/mol. The van der Waals surface area contributed by atoms with Crippen molar-refractivity contribution in [3.8, 4) is 0 Å². The average molecular weight is 206 g/mol. The Morgan fingerprint density at radius 3 is 2.77 bits per heavy atom. The summed E-state index contributed by atoms with van der Waals surface area (Å²) in [5.41, 5.74) is 0. The van der Waals surface area contributed by atoms with Gasteiger partial charge in [-0.1, -0.05) is 6.92 Å². The molecule has 0 aromatic rings. The summed E-state index contributed by atoms with van der Waals surface area (Å²) in [6.45, 7) is 5.18. The van der Waals surface area contributed by atoms with Crippen molar-refractivity contribution < 1.29 is 5.11 Å². The largest absolute Gasteiger partial charge is 0.391 e. The van der Waals surface area contributed by atoms with Crippen LogP contribution in [0.15, 0.2) is 0 Å². The molecule has 3 unspecified atom stereocenters. The first kappa shape index (κ1) is 11.3. The molecule has 1 aliphatic heterocycles. The van der Waals surface area contributed by atoms with E-state index in [1.807, 2.05) is 0 Å². The minimum Gasteiger partial charge on any atom is -0.391 e. The van der Waals surface area contributed by atoms with Gasteiger partial charge < -0.3 is 5.11 Å². The van der Waals surface area contributed by atoms with Crippen LogP contribution in [0.3, 0.4) is 0 Å². The van der Waals surface area contributed by atoms with Crippen LogP contribution < -0.4 is 0 Å². The molecule has 1 heterocycles. The molecular formula is C10H20ClNO. The normalized spacial score (nSPS) is 32.3. The topological polar surface area (TPSA) is 23.5 Å². The highest BCUT2D eigenvalue weighted by molar-refractivity contribution is 6.18. The van der Waals surface area contributed by atoms with Gasteiger partial charge in [0.1, 0.15) is 0 Å². The molecule has 3 atom stereocenters. The van der Waals surface area contributed by atoms with Gasteiger partial charge in [-0.05, 0) is 26.2 Å². The van der Waals surface area contributed by atoms with Crippen LogP contribution >= 0.6 is 11.6 Å². The molecule has 0 spiro atoms. The van der Waals surface area contributed by atoms with Gasteiger partial charge in [0.25, 0.3) is 0 Å². The summed E-state index contributed by atoms with van der Waals surface area (Å²) >= 11 is 5.59. The molecule has 0 aromatic heterocycles. The highest BCUT2D eigenvalue weighted by atomic mass is 35.5. The van der Waals surface area contributed by atoms with Crippen LogP contribution in [0.4, 0.5) is 0 Å². The standard InChI is InChI=1S/C10H20ClNO/c1-3-9-5-4-8(2)12(9)7-10(13)6-11/h8-10,13H,3-7H2,1-2H3. The highest BCUT2D eigenvalue weighted by Gasteiger charge is 2.30. The van der Waals surface area contributed by atoms with Gasteiger partial charge in [0.05, 0.1) is 6.10 Å². The van der Waals surface area contributed by atoms with Gasteiger partial charge in [-0.3, -0.25) is 4.90 Å². The molecule has 2 nitrogen and oxygen atoms in total. The zero-order valence-corrected chi connectivity index (χ0v) is 9.30. The number of likely N-dealkylation sites (tertiary alicyclic amines) is 1. The summed E-state index contributed by atoms with van der Waals surface area (Å²) in [6.07, 6.45) is 3.34. The Labute approximate surface area is 85.9 Å². The third kappa shape index (κ3) is 2.83. The van der Waals surface area contributed by atoms with Gasteiger partial charge in [0, 0.05) is 24.5 Å². The third-order valence-electron chi connectivity index (χ3n) is 3.02. The number of rotatable bonds is 4. The molecule has 0 saturated carbocycles. The maximum atomic E-state index is 9.48. The zero-order chi connectivity index (χ0) is 9.84. The van der Waals surface area contributed by atoms with Crippen molar-refractivity contribution in [2.75, 3.05) is 12.4 Å². The second kappa shape index (κ2) is 5.18. The molecule has 1 rings (SSSR count). The summed E-state index contributed by atoms with van der Waals surface area (Å²) in [6, 6.07) is 1.27. The fourth-order valence-electron chi connectivity index (χ4n) is 2.18. The number of aliphatic hydroxyl groups is 1. The van der Waals surface area contributed by atoms with Crippen LogP contribution in [0, 0.1) is 0 Å². The lowest BCUT2D eigenvalue weighted by atomic mass is 10.1. The van der Waals surface area contributed by atoms with Crippen LogP contribution in [-0.4, -0.2) is 40.6 Å². The van der Waals surface area contributed by atoms with E-state index in [-0.39, 0.29) is 6.10 Å². The number of halogens is 1. The van der Waals surface area contributed by atoms with Crippen molar-refractivity contribution in [1.29, 1.82) is 0 Å². The predicted octanol–water partition coefficient (Wildman–Crippen LogP) is 1.85. The molecule has 0 amide bonds. The highest BCUT2D eigenvalue weighted by Crippen LogP contribution is 2.25. The van der Waals surface area contributed by atoms with Gasteiger partial charge in [-0.25, -0.2) is 0 Å². The van der Waals surface area contributed by atoms with Crippen LogP contribution in [0.5, 0.6) is 0 Å². The summed E-state index contributed by atoms with van der Waals surface area (Å²) in [4.78, 5) is 2.40. The predicted molar refractivity (Wildman–Crippen MR) is 56.2 cm³/mol.